The Morgan fingerprint density at radius 2 is 1.52 bits per heavy atom. The summed E-state index contributed by atoms with van der Waals surface area (Å²) >= 11 is 0. The molecule has 0 aliphatic heterocycles. The third-order valence-electron chi connectivity index (χ3n) is 3.58. The van der Waals surface area contributed by atoms with E-state index in [-0.39, 0.29) is 6.61 Å². The molecule has 122 valence electrons. The van der Waals surface area contributed by atoms with E-state index in [0.717, 1.165) is 16.8 Å². The summed E-state index contributed by atoms with van der Waals surface area (Å²) in [4.78, 5) is 3.40. The minimum atomic E-state index is 0.0410. The molecule has 5 nitrogen and oxygen atoms in total. The molecule has 3 aromatic rings. The molecule has 1 aromatic heterocycles. The van der Waals surface area contributed by atoms with Gasteiger partial charge in [0.25, 0.3) is 0 Å². The Morgan fingerprint density at radius 3 is 2.39 bits per heavy atom. The van der Waals surface area contributed by atoms with Gasteiger partial charge >= 0.3 is 0 Å². The molecule has 0 amide bonds. The monoisotopic (exact) mass is 315 g/mol. The molecular weight excluding hydrogens is 294 g/mol. The average molecular weight is 315 g/mol. The normalized spacial score (nSPS) is 11.3. The summed E-state index contributed by atoms with van der Waals surface area (Å²) in [6.07, 6.45) is 0. The van der Waals surface area contributed by atoms with E-state index < -0.39 is 0 Å². The lowest BCUT2D eigenvalue weighted by atomic mass is 10.1. The van der Waals surface area contributed by atoms with Crippen LogP contribution in [-0.2, 0) is 9.47 Å². The zero-order chi connectivity index (χ0) is 15.9. The van der Waals surface area contributed by atoms with Gasteiger partial charge in [-0.25, -0.2) is 0 Å². The number of hydrogen-bond acceptors (Lipinski definition) is 4. The van der Waals surface area contributed by atoms with Gasteiger partial charge in [-0.3, -0.25) is 0 Å². The van der Waals surface area contributed by atoms with Crippen molar-refractivity contribution in [2.75, 3.05) is 39.6 Å². The second kappa shape index (κ2) is 7.97. The lowest BCUT2D eigenvalue weighted by Gasteiger charge is -2.07. The molecule has 0 unspecified atom stereocenters. The van der Waals surface area contributed by atoms with Gasteiger partial charge in [-0.2, -0.15) is 0 Å². The number of H-pyrrole nitrogens is 1. The van der Waals surface area contributed by atoms with Crippen LogP contribution in [-0.4, -0.2) is 49.7 Å². The largest absolute Gasteiger partial charge is 0.491 e. The van der Waals surface area contributed by atoms with Crippen LogP contribution in [0.5, 0.6) is 5.75 Å². The number of aliphatic hydroxyl groups excluding tert-OH is 1. The van der Waals surface area contributed by atoms with Crippen molar-refractivity contribution in [2.45, 2.75) is 0 Å². The summed E-state index contributed by atoms with van der Waals surface area (Å²) in [5.41, 5.74) is 2.20. The van der Waals surface area contributed by atoms with Crippen LogP contribution in [0.4, 0.5) is 0 Å². The van der Waals surface area contributed by atoms with Crippen LogP contribution < -0.4 is 4.74 Å². The highest BCUT2D eigenvalue weighted by Gasteiger charge is 2.04. The van der Waals surface area contributed by atoms with E-state index in [0.29, 0.717) is 33.0 Å². The fraction of sp³-hybridized carbons (Fsp3) is 0.333. The number of nitrogens with one attached hydrogen (secondary N) is 1. The molecule has 0 aliphatic carbocycles. The first-order valence-corrected chi connectivity index (χ1v) is 7.78. The zero-order valence-corrected chi connectivity index (χ0v) is 13.0. The first-order chi connectivity index (χ1) is 11.4. The van der Waals surface area contributed by atoms with E-state index in [1.165, 1.54) is 10.8 Å². The van der Waals surface area contributed by atoms with Crippen molar-refractivity contribution in [1.29, 1.82) is 0 Å². The number of benzene rings is 2. The lowest BCUT2D eigenvalue weighted by molar-refractivity contribution is 0.0247. The number of fused-ring (bicyclic) bond motifs is 3. The Bertz CT molecular complexity index is 753. The molecule has 3 rings (SSSR count). The van der Waals surface area contributed by atoms with Crippen molar-refractivity contribution in [3.8, 4) is 5.75 Å². The minimum absolute atomic E-state index is 0.0410. The maximum Gasteiger partial charge on any atom is 0.121 e. The molecule has 0 bridgehead atoms. The number of rotatable bonds is 9. The Hall–Kier alpha value is -2.08. The van der Waals surface area contributed by atoms with Gasteiger partial charge < -0.3 is 24.3 Å². The van der Waals surface area contributed by atoms with Gasteiger partial charge in [0.15, 0.2) is 0 Å². The quantitative estimate of drug-likeness (QED) is 0.596. The summed E-state index contributed by atoms with van der Waals surface area (Å²) < 4.78 is 16.2. The van der Waals surface area contributed by atoms with E-state index in [4.69, 9.17) is 19.3 Å². The Morgan fingerprint density at radius 1 is 0.783 bits per heavy atom. The molecule has 0 atom stereocenters. The van der Waals surface area contributed by atoms with Gasteiger partial charge in [-0.1, -0.05) is 18.2 Å². The highest BCUT2D eigenvalue weighted by molar-refractivity contribution is 6.07. The molecule has 0 aliphatic rings. The highest BCUT2D eigenvalue weighted by atomic mass is 16.5. The second-order valence-corrected chi connectivity index (χ2v) is 5.17. The smallest absolute Gasteiger partial charge is 0.121 e. The fourth-order valence-corrected chi connectivity index (χ4v) is 2.53. The van der Waals surface area contributed by atoms with Crippen molar-refractivity contribution >= 4 is 21.8 Å². The number of ether oxygens (including phenoxy) is 3. The molecular formula is C18H21NO4. The van der Waals surface area contributed by atoms with Gasteiger partial charge in [0.1, 0.15) is 12.4 Å². The fourth-order valence-electron chi connectivity index (χ4n) is 2.53. The molecule has 23 heavy (non-hydrogen) atoms. The number of aromatic amines is 1. The molecule has 0 fully saturated rings. The van der Waals surface area contributed by atoms with Crippen LogP contribution in [0, 0.1) is 0 Å². The molecule has 1 heterocycles. The van der Waals surface area contributed by atoms with E-state index in [1.54, 1.807) is 0 Å². The maximum atomic E-state index is 8.57. The molecule has 5 heteroatoms. The van der Waals surface area contributed by atoms with Crippen molar-refractivity contribution in [2.24, 2.45) is 0 Å². The second-order valence-electron chi connectivity index (χ2n) is 5.17. The zero-order valence-electron chi connectivity index (χ0n) is 13.0. The Balaban J connectivity index is 1.50. The van der Waals surface area contributed by atoms with Crippen LogP contribution in [0.3, 0.4) is 0 Å². The third kappa shape index (κ3) is 4.01. The summed E-state index contributed by atoms with van der Waals surface area (Å²) in [6, 6.07) is 14.3. The van der Waals surface area contributed by atoms with Gasteiger partial charge in [0.05, 0.1) is 38.6 Å². The molecule has 0 saturated heterocycles. The first kappa shape index (κ1) is 15.8. The van der Waals surface area contributed by atoms with Crippen LogP contribution in [0.1, 0.15) is 0 Å². The van der Waals surface area contributed by atoms with E-state index in [9.17, 15) is 0 Å². The molecule has 2 aromatic carbocycles. The van der Waals surface area contributed by atoms with Crippen LogP contribution in [0.15, 0.2) is 42.5 Å². The van der Waals surface area contributed by atoms with Crippen molar-refractivity contribution in [3.05, 3.63) is 42.5 Å². The van der Waals surface area contributed by atoms with Gasteiger partial charge in [-0.05, 0) is 18.2 Å². The number of aromatic nitrogens is 1. The third-order valence-corrected chi connectivity index (χ3v) is 3.58. The van der Waals surface area contributed by atoms with Crippen molar-refractivity contribution < 1.29 is 19.3 Å². The maximum absolute atomic E-state index is 8.57. The minimum Gasteiger partial charge on any atom is -0.491 e. The van der Waals surface area contributed by atoms with Gasteiger partial charge in [0.2, 0.25) is 0 Å². The summed E-state index contributed by atoms with van der Waals surface area (Å²) in [5.74, 6) is 0.823. The summed E-state index contributed by atoms with van der Waals surface area (Å²) in [7, 11) is 0. The number of aliphatic hydroxyl groups is 1. The first-order valence-electron chi connectivity index (χ1n) is 7.78. The SMILES string of the molecule is OCCOCCOCCOc1ccc2c(c1)[nH]c1ccccc12. The summed E-state index contributed by atoms with van der Waals surface area (Å²) in [5, 5.41) is 11.0. The van der Waals surface area contributed by atoms with Crippen molar-refractivity contribution in [1.82, 2.24) is 4.98 Å². The summed E-state index contributed by atoms with van der Waals surface area (Å²) in [6.45, 7) is 2.38. The Kier molecular flexibility index (Phi) is 5.47. The predicted molar refractivity (Wildman–Crippen MR) is 90.0 cm³/mol. The average Bonchev–Trinajstić information content (AvgIpc) is 2.95. The topological polar surface area (TPSA) is 63.7 Å². The number of para-hydroxylation sites is 1. The molecule has 0 radical (unpaired) electrons. The molecule has 2 N–H and O–H groups in total. The highest BCUT2D eigenvalue weighted by Crippen LogP contribution is 2.28. The van der Waals surface area contributed by atoms with Crippen LogP contribution in [0.2, 0.25) is 0 Å². The van der Waals surface area contributed by atoms with E-state index in [2.05, 4.69) is 23.2 Å². The van der Waals surface area contributed by atoms with Crippen molar-refractivity contribution in [3.63, 3.8) is 0 Å². The van der Waals surface area contributed by atoms with Gasteiger partial charge in [0, 0.05) is 22.4 Å². The Labute approximate surface area is 134 Å². The van der Waals surface area contributed by atoms with E-state index in [1.807, 2.05) is 24.3 Å². The number of hydrogen-bond donors (Lipinski definition) is 2. The van der Waals surface area contributed by atoms with Crippen LogP contribution in [0.25, 0.3) is 21.8 Å². The van der Waals surface area contributed by atoms with E-state index >= 15 is 0 Å². The molecule has 0 spiro atoms. The van der Waals surface area contributed by atoms with Crippen LogP contribution >= 0.6 is 0 Å². The standard InChI is InChI=1S/C18H21NO4/c20-7-8-21-9-10-22-11-12-23-14-5-6-16-15-3-1-2-4-17(15)19-18(16)13-14/h1-6,13,19-20H,7-12H2. The predicted octanol–water partition coefficient (Wildman–Crippen LogP) is 2.73. The lowest BCUT2D eigenvalue weighted by Crippen LogP contribution is -2.11. The van der Waals surface area contributed by atoms with Gasteiger partial charge in [-0.15, -0.1) is 0 Å². The molecule has 0 saturated carbocycles.